The van der Waals surface area contributed by atoms with Crippen LogP contribution in [0.5, 0.6) is 0 Å². The van der Waals surface area contributed by atoms with Crippen molar-refractivity contribution in [1.82, 2.24) is 5.43 Å². The Kier molecular flexibility index (Phi) is 5.38. The van der Waals surface area contributed by atoms with Crippen LogP contribution < -0.4 is 11.3 Å². The highest BCUT2D eigenvalue weighted by Gasteiger charge is 2.22. The minimum atomic E-state index is -0.225. The summed E-state index contributed by atoms with van der Waals surface area (Å²) in [5, 5.41) is 0. The number of benzene rings is 1. The second-order valence-corrected chi connectivity index (χ2v) is 4.72. The van der Waals surface area contributed by atoms with Gasteiger partial charge in [0.15, 0.2) is 0 Å². The van der Waals surface area contributed by atoms with Gasteiger partial charge in [0.25, 0.3) is 0 Å². The van der Waals surface area contributed by atoms with Gasteiger partial charge >= 0.3 is 0 Å². The lowest BCUT2D eigenvalue weighted by molar-refractivity contribution is 0.336. The largest absolute Gasteiger partial charge is 0.271 e. The molecule has 0 aliphatic rings. The molecule has 0 aliphatic carbocycles. The van der Waals surface area contributed by atoms with Gasteiger partial charge in [-0.3, -0.25) is 11.3 Å². The molecule has 0 saturated carbocycles. The SMILES string of the molecule is CCC(CC)C(NN)c1cccc(Br)c1F. The van der Waals surface area contributed by atoms with E-state index in [0.29, 0.717) is 16.0 Å². The molecular weight excluding hydrogens is 271 g/mol. The third-order valence-corrected chi connectivity index (χ3v) is 3.63. The van der Waals surface area contributed by atoms with E-state index < -0.39 is 0 Å². The molecule has 2 nitrogen and oxygen atoms in total. The van der Waals surface area contributed by atoms with Crippen molar-refractivity contribution in [1.29, 1.82) is 0 Å². The van der Waals surface area contributed by atoms with E-state index in [9.17, 15) is 4.39 Å². The van der Waals surface area contributed by atoms with Gasteiger partial charge in [-0.05, 0) is 27.9 Å². The molecule has 90 valence electrons. The van der Waals surface area contributed by atoms with Crippen LogP contribution in [0.25, 0.3) is 0 Å². The fraction of sp³-hybridized carbons (Fsp3) is 0.500. The molecule has 1 unspecified atom stereocenters. The van der Waals surface area contributed by atoms with Gasteiger partial charge in [-0.15, -0.1) is 0 Å². The molecule has 1 aromatic carbocycles. The first kappa shape index (κ1) is 13.6. The smallest absolute Gasteiger partial charge is 0.142 e. The van der Waals surface area contributed by atoms with Crippen molar-refractivity contribution in [2.75, 3.05) is 0 Å². The first-order valence-electron chi connectivity index (χ1n) is 5.55. The predicted molar refractivity (Wildman–Crippen MR) is 68.2 cm³/mol. The Hall–Kier alpha value is -0.450. The first-order chi connectivity index (χ1) is 7.65. The van der Waals surface area contributed by atoms with Crippen molar-refractivity contribution < 1.29 is 4.39 Å². The van der Waals surface area contributed by atoms with E-state index in [1.54, 1.807) is 12.1 Å². The first-order valence-corrected chi connectivity index (χ1v) is 6.35. The Morgan fingerprint density at radius 3 is 2.50 bits per heavy atom. The summed E-state index contributed by atoms with van der Waals surface area (Å²) in [6.45, 7) is 4.18. The zero-order valence-corrected chi connectivity index (χ0v) is 11.2. The molecular formula is C12H18BrFN2. The highest BCUT2D eigenvalue weighted by Crippen LogP contribution is 2.30. The molecule has 16 heavy (non-hydrogen) atoms. The molecule has 0 amide bonds. The molecule has 0 spiro atoms. The van der Waals surface area contributed by atoms with E-state index in [4.69, 9.17) is 5.84 Å². The summed E-state index contributed by atoms with van der Waals surface area (Å²) in [6.07, 6.45) is 1.94. The number of hydrogen-bond donors (Lipinski definition) is 2. The van der Waals surface area contributed by atoms with Gasteiger partial charge < -0.3 is 0 Å². The number of halogens is 2. The fourth-order valence-electron chi connectivity index (χ4n) is 2.00. The maximum atomic E-state index is 13.9. The van der Waals surface area contributed by atoms with Crippen molar-refractivity contribution in [3.05, 3.63) is 34.1 Å². The highest BCUT2D eigenvalue weighted by molar-refractivity contribution is 9.10. The third kappa shape index (κ3) is 2.81. The van der Waals surface area contributed by atoms with Crippen LogP contribution in [-0.4, -0.2) is 0 Å². The van der Waals surface area contributed by atoms with Crippen LogP contribution >= 0.6 is 15.9 Å². The van der Waals surface area contributed by atoms with Crippen LogP contribution in [0.3, 0.4) is 0 Å². The molecule has 1 rings (SSSR count). The van der Waals surface area contributed by atoms with Crippen molar-refractivity contribution in [2.45, 2.75) is 32.7 Å². The predicted octanol–water partition coefficient (Wildman–Crippen LogP) is 3.53. The Balaban J connectivity index is 3.07. The van der Waals surface area contributed by atoms with Gasteiger partial charge in [0.1, 0.15) is 5.82 Å². The van der Waals surface area contributed by atoms with Crippen LogP contribution in [-0.2, 0) is 0 Å². The molecule has 0 saturated heterocycles. The number of nitrogens with two attached hydrogens (primary N) is 1. The molecule has 0 aromatic heterocycles. The summed E-state index contributed by atoms with van der Waals surface area (Å²) in [7, 11) is 0. The van der Waals surface area contributed by atoms with Crippen LogP contribution in [0, 0.1) is 11.7 Å². The lowest BCUT2D eigenvalue weighted by Gasteiger charge is -2.25. The van der Waals surface area contributed by atoms with Gasteiger partial charge in [-0.1, -0.05) is 38.8 Å². The summed E-state index contributed by atoms with van der Waals surface area (Å²) in [5.41, 5.74) is 3.36. The average molecular weight is 289 g/mol. The van der Waals surface area contributed by atoms with E-state index in [2.05, 4.69) is 35.2 Å². The van der Waals surface area contributed by atoms with Gasteiger partial charge in [-0.2, -0.15) is 0 Å². The zero-order valence-electron chi connectivity index (χ0n) is 9.63. The Morgan fingerprint density at radius 2 is 2.00 bits per heavy atom. The molecule has 0 fully saturated rings. The maximum absolute atomic E-state index is 13.9. The monoisotopic (exact) mass is 288 g/mol. The average Bonchev–Trinajstić information content (AvgIpc) is 2.30. The van der Waals surface area contributed by atoms with Gasteiger partial charge in [0.05, 0.1) is 10.5 Å². The van der Waals surface area contributed by atoms with Crippen LogP contribution in [0.2, 0.25) is 0 Å². The van der Waals surface area contributed by atoms with Crippen molar-refractivity contribution in [3.63, 3.8) is 0 Å². The van der Waals surface area contributed by atoms with Crippen molar-refractivity contribution in [2.24, 2.45) is 11.8 Å². The number of rotatable bonds is 5. The Bertz CT molecular complexity index is 340. The van der Waals surface area contributed by atoms with Crippen LogP contribution in [0.4, 0.5) is 4.39 Å². The summed E-state index contributed by atoms with van der Waals surface area (Å²) in [4.78, 5) is 0. The normalized spacial score (nSPS) is 13.1. The molecule has 1 aromatic rings. The van der Waals surface area contributed by atoms with Gasteiger partial charge in [0, 0.05) is 5.56 Å². The molecule has 0 bridgehead atoms. The molecule has 3 N–H and O–H groups in total. The second-order valence-electron chi connectivity index (χ2n) is 3.86. The Labute approximate surface area is 105 Å². The summed E-state index contributed by atoms with van der Waals surface area (Å²) in [5.74, 6) is 5.66. The maximum Gasteiger partial charge on any atom is 0.142 e. The van der Waals surface area contributed by atoms with Crippen molar-refractivity contribution in [3.8, 4) is 0 Å². The second kappa shape index (κ2) is 6.33. The van der Waals surface area contributed by atoms with E-state index in [-0.39, 0.29) is 11.9 Å². The molecule has 4 heteroatoms. The van der Waals surface area contributed by atoms with E-state index in [1.165, 1.54) is 0 Å². The Morgan fingerprint density at radius 1 is 1.38 bits per heavy atom. The lowest BCUT2D eigenvalue weighted by atomic mass is 9.89. The molecule has 0 radical (unpaired) electrons. The fourth-order valence-corrected chi connectivity index (χ4v) is 2.38. The van der Waals surface area contributed by atoms with Crippen LogP contribution in [0.1, 0.15) is 38.3 Å². The molecule has 0 aliphatic heterocycles. The quantitative estimate of drug-likeness (QED) is 0.643. The topological polar surface area (TPSA) is 38.0 Å². The number of hydrogen-bond acceptors (Lipinski definition) is 2. The van der Waals surface area contributed by atoms with Gasteiger partial charge in [-0.25, -0.2) is 4.39 Å². The van der Waals surface area contributed by atoms with Gasteiger partial charge in [0.2, 0.25) is 0 Å². The van der Waals surface area contributed by atoms with Crippen LogP contribution in [0.15, 0.2) is 22.7 Å². The van der Waals surface area contributed by atoms with Crippen molar-refractivity contribution >= 4 is 15.9 Å². The standard InChI is InChI=1S/C12H18BrFN2/c1-3-8(4-2)12(16-15)9-6-5-7-10(13)11(9)14/h5-8,12,16H,3-4,15H2,1-2H3. The third-order valence-electron chi connectivity index (χ3n) is 3.02. The zero-order chi connectivity index (χ0) is 12.1. The summed E-state index contributed by atoms with van der Waals surface area (Å²) >= 11 is 3.19. The summed E-state index contributed by atoms with van der Waals surface area (Å²) in [6, 6.07) is 5.17. The minimum Gasteiger partial charge on any atom is -0.271 e. The number of nitrogens with one attached hydrogen (secondary N) is 1. The lowest BCUT2D eigenvalue weighted by Crippen LogP contribution is -2.34. The van der Waals surface area contributed by atoms with E-state index in [1.807, 2.05) is 6.07 Å². The minimum absolute atomic E-state index is 0.132. The molecule has 0 heterocycles. The van der Waals surface area contributed by atoms with E-state index in [0.717, 1.165) is 12.8 Å². The summed E-state index contributed by atoms with van der Waals surface area (Å²) < 4.78 is 14.4. The highest BCUT2D eigenvalue weighted by atomic mass is 79.9. The van der Waals surface area contributed by atoms with E-state index >= 15 is 0 Å². The number of hydrazine groups is 1. The molecule has 1 atom stereocenters.